The highest BCUT2D eigenvalue weighted by atomic mass is 32.2. The lowest BCUT2D eigenvalue weighted by molar-refractivity contribution is 0.839. The molecule has 52 valence electrons. The second kappa shape index (κ2) is 3.94. The number of nitrogens with zero attached hydrogens (tertiary/aromatic N) is 1. The summed E-state index contributed by atoms with van der Waals surface area (Å²) in [6, 6.07) is 0. The Morgan fingerprint density at radius 1 is 1.67 bits per heavy atom. The molecule has 0 spiro atoms. The molecule has 0 fully saturated rings. The molecule has 1 heterocycles. The molecule has 9 heavy (non-hydrogen) atoms. The van der Waals surface area contributed by atoms with Gasteiger partial charge in [-0.25, -0.2) is 0 Å². The second-order valence-electron chi connectivity index (χ2n) is 2.23. The predicted octanol–water partition coefficient (Wildman–Crippen LogP) is 2.32. The number of hydrogen-bond donors (Lipinski definition) is 0. The van der Waals surface area contributed by atoms with Crippen molar-refractivity contribution in [2.24, 2.45) is 4.99 Å². The Morgan fingerprint density at radius 3 is 3.11 bits per heavy atom. The molecule has 0 saturated heterocycles. The third-order valence-electron chi connectivity index (χ3n) is 1.39. The number of unbranched alkanes of at least 4 members (excludes halogenated alkanes) is 1. The van der Waals surface area contributed by atoms with Crippen LogP contribution < -0.4 is 0 Å². The molecule has 0 radical (unpaired) electrons. The van der Waals surface area contributed by atoms with E-state index >= 15 is 0 Å². The van der Waals surface area contributed by atoms with Gasteiger partial charge in [0.25, 0.3) is 0 Å². The number of hydrogen-bond acceptors (Lipinski definition) is 2. The molecule has 0 bridgehead atoms. The van der Waals surface area contributed by atoms with Gasteiger partial charge in [0.15, 0.2) is 0 Å². The van der Waals surface area contributed by atoms with E-state index < -0.39 is 0 Å². The molecule has 0 amide bonds. The van der Waals surface area contributed by atoms with Crippen LogP contribution in [0.25, 0.3) is 0 Å². The molecule has 0 aromatic heterocycles. The molecule has 1 rings (SSSR count). The lowest BCUT2D eigenvalue weighted by Crippen LogP contribution is -1.85. The minimum atomic E-state index is 1.06. The summed E-state index contributed by atoms with van der Waals surface area (Å²) in [4.78, 5) is 4.35. The summed E-state index contributed by atoms with van der Waals surface area (Å²) in [5.41, 5.74) is 0. The Hall–Kier alpha value is 0.0200. The van der Waals surface area contributed by atoms with Gasteiger partial charge in [0.2, 0.25) is 0 Å². The molecule has 0 saturated carbocycles. The first kappa shape index (κ1) is 7.13. The molecule has 2 heteroatoms. The molecular weight excluding hydrogens is 130 g/mol. The monoisotopic (exact) mass is 143 g/mol. The smallest absolute Gasteiger partial charge is 0.0676 e. The van der Waals surface area contributed by atoms with Crippen LogP contribution in [-0.4, -0.2) is 17.3 Å². The van der Waals surface area contributed by atoms with E-state index in [1.165, 1.54) is 30.1 Å². The molecule has 1 nitrogen and oxygen atoms in total. The number of thioether (sulfide) groups is 1. The van der Waals surface area contributed by atoms with E-state index in [0.717, 1.165) is 6.54 Å². The predicted molar refractivity (Wildman–Crippen MR) is 44.3 cm³/mol. The van der Waals surface area contributed by atoms with Crippen LogP contribution in [0.5, 0.6) is 0 Å². The molecule has 0 aromatic rings. The molecule has 1 aliphatic rings. The second-order valence-corrected chi connectivity index (χ2v) is 3.40. The van der Waals surface area contributed by atoms with Crippen LogP contribution in [-0.2, 0) is 0 Å². The van der Waals surface area contributed by atoms with Crippen molar-refractivity contribution in [3.63, 3.8) is 0 Å². The molecule has 0 N–H and O–H groups in total. The van der Waals surface area contributed by atoms with Crippen molar-refractivity contribution in [3.05, 3.63) is 0 Å². The van der Waals surface area contributed by atoms with Crippen molar-refractivity contribution in [3.8, 4) is 0 Å². The molecule has 0 aliphatic carbocycles. The standard InChI is InChI=1S/C7H13NS/c1-2-3-4-7-8-5-6-9-7/h2-6H2,1H3. The summed E-state index contributed by atoms with van der Waals surface area (Å²) in [5, 5.41) is 1.39. The third kappa shape index (κ3) is 2.39. The van der Waals surface area contributed by atoms with Crippen LogP contribution in [0.4, 0.5) is 0 Å². The first-order valence-corrected chi connectivity index (χ1v) is 4.58. The Bertz CT molecular complexity index is 109. The van der Waals surface area contributed by atoms with Crippen molar-refractivity contribution in [2.45, 2.75) is 26.2 Å². The van der Waals surface area contributed by atoms with Crippen LogP contribution in [0.3, 0.4) is 0 Å². The Labute approximate surface area is 60.9 Å². The van der Waals surface area contributed by atoms with Gasteiger partial charge >= 0.3 is 0 Å². The Morgan fingerprint density at radius 2 is 2.56 bits per heavy atom. The van der Waals surface area contributed by atoms with Crippen LogP contribution >= 0.6 is 11.8 Å². The van der Waals surface area contributed by atoms with Crippen LogP contribution in [0.15, 0.2) is 4.99 Å². The van der Waals surface area contributed by atoms with E-state index in [-0.39, 0.29) is 0 Å². The maximum Gasteiger partial charge on any atom is 0.0676 e. The summed E-state index contributed by atoms with van der Waals surface area (Å²) in [7, 11) is 0. The molecule has 1 aliphatic heterocycles. The normalized spacial score (nSPS) is 18.1. The molecule has 0 unspecified atom stereocenters. The number of aliphatic imine (C=N–C) groups is 1. The van der Waals surface area contributed by atoms with Gasteiger partial charge in [-0.3, -0.25) is 4.99 Å². The van der Waals surface area contributed by atoms with E-state index in [4.69, 9.17) is 0 Å². The highest BCUT2D eigenvalue weighted by Crippen LogP contribution is 2.15. The van der Waals surface area contributed by atoms with Gasteiger partial charge in [0.05, 0.1) is 5.04 Å². The quantitative estimate of drug-likeness (QED) is 0.590. The largest absolute Gasteiger partial charge is 0.282 e. The summed E-state index contributed by atoms with van der Waals surface area (Å²) in [5.74, 6) is 1.22. The molecule has 0 aromatic carbocycles. The fraction of sp³-hybridized carbons (Fsp3) is 0.857. The zero-order valence-corrected chi connectivity index (χ0v) is 6.71. The molecular formula is C7H13NS. The van der Waals surface area contributed by atoms with Gasteiger partial charge in [-0.1, -0.05) is 13.3 Å². The van der Waals surface area contributed by atoms with Crippen molar-refractivity contribution < 1.29 is 0 Å². The third-order valence-corrected chi connectivity index (χ3v) is 2.45. The van der Waals surface area contributed by atoms with Gasteiger partial charge < -0.3 is 0 Å². The van der Waals surface area contributed by atoms with Crippen LogP contribution in [0, 0.1) is 0 Å². The zero-order chi connectivity index (χ0) is 6.53. The van der Waals surface area contributed by atoms with Crippen molar-refractivity contribution >= 4 is 16.8 Å². The summed E-state index contributed by atoms with van der Waals surface area (Å²) < 4.78 is 0. The van der Waals surface area contributed by atoms with Gasteiger partial charge in [0.1, 0.15) is 0 Å². The fourth-order valence-electron chi connectivity index (χ4n) is 0.859. The van der Waals surface area contributed by atoms with Crippen molar-refractivity contribution in [1.82, 2.24) is 0 Å². The van der Waals surface area contributed by atoms with E-state index in [1.807, 2.05) is 11.8 Å². The average molecular weight is 143 g/mol. The van der Waals surface area contributed by atoms with Gasteiger partial charge in [-0.05, 0) is 12.8 Å². The maximum absolute atomic E-state index is 4.35. The topological polar surface area (TPSA) is 12.4 Å². The SMILES string of the molecule is CCCCC1=NCCS1. The van der Waals surface area contributed by atoms with Crippen LogP contribution in [0.1, 0.15) is 26.2 Å². The summed E-state index contributed by atoms with van der Waals surface area (Å²) >= 11 is 1.93. The lowest BCUT2D eigenvalue weighted by atomic mass is 10.3. The summed E-state index contributed by atoms with van der Waals surface area (Å²) in [6.45, 7) is 3.28. The first-order valence-electron chi connectivity index (χ1n) is 3.59. The van der Waals surface area contributed by atoms with Gasteiger partial charge in [-0.2, -0.15) is 0 Å². The zero-order valence-electron chi connectivity index (χ0n) is 5.89. The van der Waals surface area contributed by atoms with Crippen LogP contribution in [0.2, 0.25) is 0 Å². The number of rotatable bonds is 3. The van der Waals surface area contributed by atoms with E-state index in [1.54, 1.807) is 0 Å². The summed E-state index contributed by atoms with van der Waals surface area (Å²) in [6.07, 6.45) is 3.83. The highest BCUT2D eigenvalue weighted by Gasteiger charge is 2.04. The minimum absolute atomic E-state index is 1.06. The first-order chi connectivity index (χ1) is 4.43. The Balaban J connectivity index is 2.11. The average Bonchev–Trinajstić information content (AvgIpc) is 2.34. The lowest BCUT2D eigenvalue weighted by Gasteiger charge is -1.94. The van der Waals surface area contributed by atoms with Crippen molar-refractivity contribution in [2.75, 3.05) is 12.3 Å². The Kier molecular flexibility index (Phi) is 3.12. The van der Waals surface area contributed by atoms with E-state index in [0.29, 0.717) is 0 Å². The van der Waals surface area contributed by atoms with Crippen molar-refractivity contribution in [1.29, 1.82) is 0 Å². The van der Waals surface area contributed by atoms with E-state index in [2.05, 4.69) is 11.9 Å². The minimum Gasteiger partial charge on any atom is -0.282 e. The highest BCUT2D eigenvalue weighted by molar-refractivity contribution is 8.14. The fourth-order valence-corrected chi connectivity index (χ4v) is 1.75. The molecule has 0 atom stereocenters. The van der Waals surface area contributed by atoms with Gasteiger partial charge in [-0.15, -0.1) is 11.8 Å². The van der Waals surface area contributed by atoms with Gasteiger partial charge in [0, 0.05) is 12.3 Å². The van der Waals surface area contributed by atoms with E-state index in [9.17, 15) is 0 Å². The maximum atomic E-state index is 4.35.